The van der Waals surface area contributed by atoms with Crippen LogP contribution < -0.4 is 9.62 Å². The fraction of sp³-hybridized carbons (Fsp3) is 0.320. The highest BCUT2D eigenvalue weighted by atomic mass is 32.2. The van der Waals surface area contributed by atoms with Crippen molar-refractivity contribution in [2.45, 2.75) is 38.5 Å². The zero-order chi connectivity index (χ0) is 25.9. The van der Waals surface area contributed by atoms with Gasteiger partial charge in [-0.2, -0.15) is 5.10 Å². The van der Waals surface area contributed by atoms with Crippen molar-refractivity contribution in [2.75, 3.05) is 23.2 Å². The van der Waals surface area contributed by atoms with Gasteiger partial charge < -0.3 is 10.0 Å². The van der Waals surface area contributed by atoms with Gasteiger partial charge >= 0.3 is 5.97 Å². The standard InChI is InChI=1S/C25H30N4O5S/c1-16-22(17(2)29(5)26-16)7-6-14-28(4)24-13-10-20(15-23(24)25(31)32)27-35(33,34)21-11-8-19(9-12-21)18(3)30/h8-13,15,27H,6-7,14H2,1-5H3,(H,31,32). The Bertz CT molecular complexity index is 1360. The molecule has 2 aromatic carbocycles. The molecule has 0 radical (unpaired) electrons. The fourth-order valence-corrected chi connectivity index (χ4v) is 5.03. The number of nitrogens with one attached hydrogen (secondary N) is 1. The van der Waals surface area contributed by atoms with Crippen molar-refractivity contribution in [3.8, 4) is 0 Å². The number of carbonyl (C=O) groups excluding carboxylic acids is 1. The van der Waals surface area contributed by atoms with E-state index in [0.717, 1.165) is 24.2 Å². The first kappa shape index (κ1) is 26.0. The monoisotopic (exact) mass is 498 g/mol. The Labute approximate surface area is 205 Å². The molecular weight excluding hydrogens is 468 g/mol. The molecule has 1 aromatic heterocycles. The molecular formula is C25H30N4O5S. The van der Waals surface area contributed by atoms with Crippen LogP contribution in [0.25, 0.3) is 0 Å². The van der Waals surface area contributed by atoms with E-state index in [1.54, 1.807) is 6.07 Å². The average Bonchev–Trinajstić information content (AvgIpc) is 3.04. The number of aryl methyl sites for hydroxylation is 2. The van der Waals surface area contributed by atoms with E-state index in [1.165, 1.54) is 48.9 Å². The number of aromatic nitrogens is 2. The normalized spacial score (nSPS) is 11.3. The van der Waals surface area contributed by atoms with Crippen molar-refractivity contribution in [3.05, 3.63) is 70.5 Å². The summed E-state index contributed by atoms with van der Waals surface area (Å²) in [6.07, 6.45) is 1.62. The first-order valence-electron chi connectivity index (χ1n) is 11.1. The molecule has 0 aliphatic heterocycles. The zero-order valence-electron chi connectivity index (χ0n) is 20.5. The molecule has 0 aliphatic rings. The number of carbonyl (C=O) groups is 2. The van der Waals surface area contributed by atoms with E-state index in [-0.39, 0.29) is 21.9 Å². The summed E-state index contributed by atoms with van der Waals surface area (Å²) in [5, 5.41) is 14.2. The van der Waals surface area contributed by atoms with Gasteiger partial charge in [0.2, 0.25) is 0 Å². The second kappa shape index (κ2) is 10.3. The number of nitrogens with zero attached hydrogens (tertiary/aromatic N) is 3. The Morgan fingerprint density at radius 1 is 1.11 bits per heavy atom. The summed E-state index contributed by atoms with van der Waals surface area (Å²) in [5.74, 6) is -1.32. The predicted molar refractivity (Wildman–Crippen MR) is 135 cm³/mol. The third-order valence-electron chi connectivity index (χ3n) is 6.04. The van der Waals surface area contributed by atoms with Crippen molar-refractivity contribution >= 4 is 33.2 Å². The minimum absolute atomic E-state index is 0.00614. The number of anilines is 2. The van der Waals surface area contributed by atoms with Crippen LogP contribution in [0.4, 0.5) is 11.4 Å². The molecule has 0 bridgehead atoms. The highest BCUT2D eigenvalue weighted by Gasteiger charge is 2.19. The molecule has 0 unspecified atom stereocenters. The number of hydrogen-bond donors (Lipinski definition) is 2. The number of aromatic carboxylic acids is 1. The first-order valence-corrected chi connectivity index (χ1v) is 12.6. The van der Waals surface area contributed by atoms with Crippen LogP contribution in [0.15, 0.2) is 47.4 Å². The van der Waals surface area contributed by atoms with E-state index >= 15 is 0 Å². The molecule has 0 amide bonds. The summed E-state index contributed by atoms with van der Waals surface area (Å²) < 4.78 is 29.8. The zero-order valence-corrected chi connectivity index (χ0v) is 21.3. The number of hydrogen-bond acceptors (Lipinski definition) is 6. The fourth-order valence-electron chi connectivity index (χ4n) is 3.98. The maximum Gasteiger partial charge on any atom is 0.337 e. The van der Waals surface area contributed by atoms with Gasteiger partial charge in [-0.3, -0.25) is 14.2 Å². The third kappa shape index (κ3) is 5.89. The van der Waals surface area contributed by atoms with Crippen molar-refractivity contribution in [1.29, 1.82) is 0 Å². The summed E-state index contributed by atoms with van der Waals surface area (Å²) in [7, 11) is -0.237. The third-order valence-corrected chi connectivity index (χ3v) is 7.44. The summed E-state index contributed by atoms with van der Waals surface area (Å²) in [4.78, 5) is 25.2. The van der Waals surface area contributed by atoms with Crippen LogP contribution in [0.3, 0.4) is 0 Å². The SMILES string of the molecule is CC(=O)c1ccc(S(=O)(=O)Nc2ccc(N(C)CCCc3c(C)nn(C)c3C)c(C(=O)O)c2)cc1. The lowest BCUT2D eigenvalue weighted by molar-refractivity contribution is 0.0697. The number of carboxylic acids is 1. The average molecular weight is 499 g/mol. The summed E-state index contributed by atoms with van der Waals surface area (Å²) >= 11 is 0. The molecule has 0 aliphatic carbocycles. The van der Waals surface area contributed by atoms with E-state index in [9.17, 15) is 23.1 Å². The van der Waals surface area contributed by atoms with Crippen LogP contribution in [-0.2, 0) is 23.5 Å². The molecule has 3 rings (SSSR count). The molecule has 9 nitrogen and oxygen atoms in total. The van der Waals surface area contributed by atoms with Crippen LogP contribution in [0.5, 0.6) is 0 Å². The lowest BCUT2D eigenvalue weighted by atomic mass is 10.1. The summed E-state index contributed by atoms with van der Waals surface area (Å²) in [5.41, 5.74) is 4.32. The maximum absolute atomic E-state index is 12.8. The molecule has 3 aromatic rings. The highest BCUT2D eigenvalue weighted by Crippen LogP contribution is 2.26. The molecule has 0 saturated heterocycles. The second-order valence-electron chi connectivity index (χ2n) is 8.52. The van der Waals surface area contributed by atoms with Crippen molar-refractivity contribution < 1.29 is 23.1 Å². The second-order valence-corrected chi connectivity index (χ2v) is 10.2. The van der Waals surface area contributed by atoms with Crippen molar-refractivity contribution in [2.24, 2.45) is 7.05 Å². The van der Waals surface area contributed by atoms with Crippen molar-refractivity contribution in [3.63, 3.8) is 0 Å². The van der Waals surface area contributed by atoms with Crippen LogP contribution in [0.2, 0.25) is 0 Å². The topological polar surface area (TPSA) is 122 Å². The van der Waals surface area contributed by atoms with Gasteiger partial charge in [0.15, 0.2) is 5.78 Å². The van der Waals surface area contributed by atoms with E-state index in [4.69, 9.17) is 0 Å². The molecule has 35 heavy (non-hydrogen) atoms. The number of ketones is 1. The number of Topliss-reactive ketones (excluding diaryl/α,β-unsaturated/α-hetero) is 1. The van der Waals surface area contributed by atoms with Gasteiger partial charge in [-0.15, -0.1) is 0 Å². The lowest BCUT2D eigenvalue weighted by Crippen LogP contribution is -2.22. The van der Waals surface area contributed by atoms with Gasteiger partial charge in [0, 0.05) is 37.6 Å². The summed E-state index contributed by atoms with van der Waals surface area (Å²) in [6.45, 7) is 6.02. The Balaban J connectivity index is 1.75. The van der Waals surface area contributed by atoms with Gasteiger partial charge in [0.25, 0.3) is 10.0 Å². The minimum atomic E-state index is -3.96. The molecule has 186 valence electrons. The first-order chi connectivity index (χ1) is 16.4. The molecule has 0 atom stereocenters. The molecule has 0 saturated carbocycles. The van der Waals surface area contributed by atoms with Gasteiger partial charge in [-0.1, -0.05) is 12.1 Å². The Morgan fingerprint density at radius 3 is 2.31 bits per heavy atom. The van der Waals surface area contributed by atoms with Crippen LogP contribution in [0.1, 0.15) is 51.0 Å². The molecule has 10 heteroatoms. The van der Waals surface area contributed by atoms with Gasteiger partial charge in [0.05, 0.1) is 21.8 Å². The van der Waals surface area contributed by atoms with Crippen LogP contribution in [0, 0.1) is 13.8 Å². The van der Waals surface area contributed by atoms with Crippen molar-refractivity contribution in [1.82, 2.24) is 9.78 Å². The minimum Gasteiger partial charge on any atom is -0.478 e. The molecule has 0 fully saturated rings. The maximum atomic E-state index is 12.8. The molecule has 1 heterocycles. The summed E-state index contributed by atoms with van der Waals surface area (Å²) in [6, 6.07) is 10.00. The number of carboxylic acid groups (broad SMARTS) is 1. The van der Waals surface area contributed by atoms with Gasteiger partial charge in [-0.05, 0) is 69.5 Å². The smallest absolute Gasteiger partial charge is 0.337 e. The van der Waals surface area contributed by atoms with E-state index in [0.29, 0.717) is 17.8 Å². The van der Waals surface area contributed by atoms with Crippen LogP contribution >= 0.6 is 0 Å². The molecule has 0 spiro atoms. The van der Waals surface area contributed by atoms with E-state index in [2.05, 4.69) is 9.82 Å². The quantitative estimate of drug-likeness (QED) is 0.408. The highest BCUT2D eigenvalue weighted by molar-refractivity contribution is 7.92. The van der Waals surface area contributed by atoms with Crippen LogP contribution in [-0.4, -0.2) is 48.6 Å². The number of benzene rings is 2. The van der Waals surface area contributed by atoms with E-state index < -0.39 is 16.0 Å². The molecule has 2 N–H and O–H groups in total. The Hall–Kier alpha value is -3.66. The van der Waals surface area contributed by atoms with Gasteiger partial charge in [0.1, 0.15) is 0 Å². The Morgan fingerprint density at radius 2 is 1.77 bits per heavy atom. The number of sulfonamides is 1. The number of rotatable bonds is 10. The van der Waals surface area contributed by atoms with E-state index in [1.807, 2.05) is 37.5 Å². The van der Waals surface area contributed by atoms with Gasteiger partial charge in [-0.25, -0.2) is 13.2 Å². The predicted octanol–water partition coefficient (Wildman–Crippen LogP) is 3.81. The lowest BCUT2D eigenvalue weighted by Gasteiger charge is -2.22. The largest absolute Gasteiger partial charge is 0.478 e. The Kier molecular flexibility index (Phi) is 7.64.